The van der Waals surface area contributed by atoms with Gasteiger partial charge in [0.1, 0.15) is 5.75 Å². The monoisotopic (exact) mass is 177 g/mol. The molecule has 0 saturated carbocycles. The normalized spacial score (nSPS) is 15.8. The molecule has 2 heterocycles. The molecule has 1 aliphatic heterocycles. The lowest BCUT2D eigenvalue weighted by Crippen LogP contribution is -1.99. The quantitative estimate of drug-likeness (QED) is 0.607. The third-order valence-electron chi connectivity index (χ3n) is 2.41. The SMILES string of the molecule is Cc1cc(C)c2c(n1)CCCCO2. The minimum absolute atomic E-state index is 0.846. The number of nitrogens with zero attached hydrogens (tertiary/aromatic N) is 1. The first-order valence-electron chi connectivity index (χ1n) is 4.87. The second-order valence-corrected chi connectivity index (χ2v) is 3.66. The number of ether oxygens (including phenoxy) is 1. The average molecular weight is 177 g/mol. The van der Waals surface area contributed by atoms with Crippen LogP contribution < -0.4 is 4.74 Å². The third-order valence-corrected chi connectivity index (χ3v) is 2.41. The minimum atomic E-state index is 0.846. The molecule has 70 valence electrons. The van der Waals surface area contributed by atoms with Crippen molar-refractivity contribution in [3.05, 3.63) is 23.0 Å². The van der Waals surface area contributed by atoms with Gasteiger partial charge >= 0.3 is 0 Å². The first-order valence-corrected chi connectivity index (χ1v) is 4.87. The zero-order chi connectivity index (χ0) is 9.26. The molecule has 1 aromatic heterocycles. The van der Waals surface area contributed by atoms with Crippen molar-refractivity contribution in [1.82, 2.24) is 4.98 Å². The topological polar surface area (TPSA) is 22.1 Å². The van der Waals surface area contributed by atoms with E-state index < -0.39 is 0 Å². The molecule has 1 aromatic rings. The molecular formula is C11H15NO. The minimum Gasteiger partial charge on any atom is -0.491 e. The molecule has 0 aromatic carbocycles. The molecule has 2 rings (SSSR count). The summed E-state index contributed by atoms with van der Waals surface area (Å²) in [5.74, 6) is 1.03. The summed E-state index contributed by atoms with van der Waals surface area (Å²) in [5.41, 5.74) is 3.47. The lowest BCUT2D eigenvalue weighted by molar-refractivity contribution is 0.314. The van der Waals surface area contributed by atoms with Crippen LogP contribution in [0.4, 0.5) is 0 Å². The zero-order valence-corrected chi connectivity index (χ0v) is 8.26. The average Bonchev–Trinajstić information content (AvgIpc) is 2.28. The molecular weight excluding hydrogens is 162 g/mol. The van der Waals surface area contributed by atoms with E-state index in [1.54, 1.807) is 0 Å². The van der Waals surface area contributed by atoms with Crippen molar-refractivity contribution in [2.75, 3.05) is 6.61 Å². The Hall–Kier alpha value is -1.05. The van der Waals surface area contributed by atoms with Crippen LogP contribution in [0.1, 0.15) is 29.8 Å². The molecule has 2 heteroatoms. The van der Waals surface area contributed by atoms with Crippen LogP contribution in [0.25, 0.3) is 0 Å². The van der Waals surface area contributed by atoms with Gasteiger partial charge < -0.3 is 4.74 Å². The summed E-state index contributed by atoms with van der Waals surface area (Å²) >= 11 is 0. The van der Waals surface area contributed by atoms with Crippen molar-refractivity contribution in [1.29, 1.82) is 0 Å². The van der Waals surface area contributed by atoms with E-state index in [0.717, 1.165) is 36.6 Å². The van der Waals surface area contributed by atoms with E-state index in [9.17, 15) is 0 Å². The maximum absolute atomic E-state index is 5.67. The molecule has 0 N–H and O–H groups in total. The van der Waals surface area contributed by atoms with Crippen LogP contribution in [-0.4, -0.2) is 11.6 Å². The Bertz CT molecular complexity index is 320. The lowest BCUT2D eigenvalue weighted by Gasteiger charge is -2.10. The zero-order valence-electron chi connectivity index (χ0n) is 8.26. The summed E-state index contributed by atoms with van der Waals surface area (Å²) < 4.78 is 5.67. The van der Waals surface area contributed by atoms with Gasteiger partial charge in [0.2, 0.25) is 0 Å². The number of aromatic nitrogens is 1. The fraction of sp³-hybridized carbons (Fsp3) is 0.545. The van der Waals surface area contributed by atoms with Crippen molar-refractivity contribution in [3.63, 3.8) is 0 Å². The smallest absolute Gasteiger partial charge is 0.143 e. The molecule has 0 bridgehead atoms. The van der Waals surface area contributed by atoms with Crippen molar-refractivity contribution in [3.8, 4) is 5.75 Å². The number of rotatable bonds is 0. The van der Waals surface area contributed by atoms with Crippen LogP contribution in [0.15, 0.2) is 6.07 Å². The van der Waals surface area contributed by atoms with Gasteiger partial charge in [-0.2, -0.15) is 0 Å². The van der Waals surface area contributed by atoms with Crippen molar-refractivity contribution in [2.24, 2.45) is 0 Å². The molecule has 0 fully saturated rings. The van der Waals surface area contributed by atoms with Crippen LogP contribution in [0.2, 0.25) is 0 Å². The second kappa shape index (κ2) is 3.36. The Morgan fingerprint density at radius 2 is 2.15 bits per heavy atom. The Labute approximate surface area is 78.9 Å². The van der Waals surface area contributed by atoms with Crippen LogP contribution in [0.3, 0.4) is 0 Å². The number of fused-ring (bicyclic) bond motifs is 1. The molecule has 0 aliphatic carbocycles. The highest BCUT2D eigenvalue weighted by Crippen LogP contribution is 2.26. The summed E-state index contributed by atoms with van der Waals surface area (Å²) in [6.45, 7) is 4.98. The molecule has 0 saturated heterocycles. The van der Waals surface area contributed by atoms with Crippen LogP contribution in [-0.2, 0) is 6.42 Å². The standard InChI is InChI=1S/C11H15NO/c1-8-7-9(2)12-10-5-3-4-6-13-11(8)10/h7H,3-6H2,1-2H3. The van der Waals surface area contributed by atoms with Gasteiger partial charge in [-0.25, -0.2) is 0 Å². The van der Waals surface area contributed by atoms with E-state index in [-0.39, 0.29) is 0 Å². The van der Waals surface area contributed by atoms with Gasteiger partial charge in [-0.05, 0) is 44.7 Å². The van der Waals surface area contributed by atoms with E-state index in [1.807, 2.05) is 6.92 Å². The summed E-state index contributed by atoms with van der Waals surface area (Å²) in [5, 5.41) is 0. The number of hydrogen-bond donors (Lipinski definition) is 0. The van der Waals surface area contributed by atoms with E-state index in [2.05, 4.69) is 18.0 Å². The summed E-state index contributed by atoms with van der Waals surface area (Å²) in [7, 11) is 0. The highest BCUT2D eigenvalue weighted by molar-refractivity contribution is 5.38. The fourth-order valence-corrected chi connectivity index (χ4v) is 1.84. The largest absolute Gasteiger partial charge is 0.491 e. The number of hydrogen-bond acceptors (Lipinski definition) is 2. The molecule has 0 unspecified atom stereocenters. The second-order valence-electron chi connectivity index (χ2n) is 3.66. The van der Waals surface area contributed by atoms with Crippen molar-refractivity contribution < 1.29 is 4.74 Å². The van der Waals surface area contributed by atoms with E-state index in [4.69, 9.17) is 4.74 Å². The van der Waals surface area contributed by atoms with Gasteiger partial charge in [0.05, 0.1) is 12.3 Å². The highest BCUT2D eigenvalue weighted by atomic mass is 16.5. The highest BCUT2D eigenvalue weighted by Gasteiger charge is 2.12. The Morgan fingerprint density at radius 1 is 1.31 bits per heavy atom. The maximum Gasteiger partial charge on any atom is 0.143 e. The number of pyridine rings is 1. The molecule has 2 nitrogen and oxygen atoms in total. The summed E-state index contributed by atoms with van der Waals surface area (Å²) in [6, 6.07) is 2.09. The first kappa shape index (κ1) is 8.54. The predicted octanol–water partition coefficient (Wildman–Crippen LogP) is 2.41. The summed E-state index contributed by atoms with van der Waals surface area (Å²) in [4.78, 5) is 4.51. The maximum atomic E-state index is 5.67. The van der Waals surface area contributed by atoms with E-state index >= 15 is 0 Å². The van der Waals surface area contributed by atoms with Gasteiger partial charge in [0.15, 0.2) is 0 Å². The Balaban J connectivity index is 2.47. The van der Waals surface area contributed by atoms with Gasteiger partial charge in [-0.3, -0.25) is 4.98 Å². The van der Waals surface area contributed by atoms with Gasteiger partial charge in [0, 0.05) is 5.69 Å². The van der Waals surface area contributed by atoms with Gasteiger partial charge in [-0.1, -0.05) is 0 Å². The summed E-state index contributed by atoms with van der Waals surface area (Å²) in [6.07, 6.45) is 3.41. The van der Waals surface area contributed by atoms with Gasteiger partial charge in [0.25, 0.3) is 0 Å². The molecule has 1 aliphatic rings. The third kappa shape index (κ3) is 1.67. The Morgan fingerprint density at radius 3 is 3.00 bits per heavy atom. The van der Waals surface area contributed by atoms with Crippen LogP contribution in [0, 0.1) is 13.8 Å². The molecule has 0 amide bonds. The van der Waals surface area contributed by atoms with Crippen molar-refractivity contribution >= 4 is 0 Å². The van der Waals surface area contributed by atoms with E-state index in [1.165, 1.54) is 12.0 Å². The molecule has 0 atom stereocenters. The molecule has 13 heavy (non-hydrogen) atoms. The lowest BCUT2D eigenvalue weighted by atomic mass is 10.1. The fourth-order valence-electron chi connectivity index (χ4n) is 1.84. The molecule has 0 spiro atoms. The predicted molar refractivity (Wildman–Crippen MR) is 52.1 cm³/mol. The number of aryl methyl sites for hydroxylation is 3. The van der Waals surface area contributed by atoms with Crippen LogP contribution >= 0.6 is 0 Å². The van der Waals surface area contributed by atoms with Crippen LogP contribution in [0.5, 0.6) is 5.75 Å². The van der Waals surface area contributed by atoms with Crippen molar-refractivity contribution in [2.45, 2.75) is 33.1 Å². The first-order chi connectivity index (χ1) is 6.27. The Kier molecular flexibility index (Phi) is 2.21. The van der Waals surface area contributed by atoms with E-state index in [0.29, 0.717) is 0 Å². The van der Waals surface area contributed by atoms with Gasteiger partial charge in [-0.15, -0.1) is 0 Å². The molecule has 0 radical (unpaired) electrons.